The molecule has 2 aliphatic heterocycles. The van der Waals surface area contributed by atoms with Gasteiger partial charge < -0.3 is 14.6 Å². The molecule has 0 saturated carbocycles. The molecule has 2 fully saturated rings. The molecule has 2 heterocycles. The Morgan fingerprint density at radius 1 is 1.06 bits per heavy atom. The van der Waals surface area contributed by atoms with Crippen molar-refractivity contribution >= 4 is 23.8 Å². The minimum atomic E-state index is -1.17. The van der Waals surface area contributed by atoms with Crippen molar-refractivity contribution in [3.63, 3.8) is 0 Å². The van der Waals surface area contributed by atoms with E-state index in [-0.39, 0.29) is 30.9 Å². The predicted octanol–water partition coefficient (Wildman–Crippen LogP) is 2.89. The maximum atomic E-state index is 12.8. The molecule has 0 spiro atoms. The molecule has 4 rings (SSSR count). The Labute approximate surface area is 188 Å². The van der Waals surface area contributed by atoms with E-state index in [1.807, 2.05) is 30.3 Å². The van der Waals surface area contributed by atoms with Gasteiger partial charge in [0, 0.05) is 18.7 Å². The van der Waals surface area contributed by atoms with Crippen LogP contribution in [0, 0.1) is 10.1 Å². The van der Waals surface area contributed by atoms with Crippen LogP contribution in [0.3, 0.4) is 0 Å². The molecule has 2 aromatic rings. The molecule has 0 radical (unpaired) electrons. The number of rotatable bonds is 5. The third kappa shape index (κ3) is 4.56. The molecule has 3 atom stereocenters. The summed E-state index contributed by atoms with van der Waals surface area (Å²) in [6, 6.07) is 12.8. The first-order valence-electron chi connectivity index (χ1n) is 10.3. The molecule has 2 saturated heterocycles. The third-order valence-corrected chi connectivity index (χ3v) is 5.84. The quantitative estimate of drug-likeness (QED) is 0.412. The van der Waals surface area contributed by atoms with Gasteiger partial charge in [0.25, 0.3) is 5.69 Å². The Morgan fingerprint density at radius 2 is 1.76 bits per heavy atom. The number of nitro groups is 1. The average Bonchev–Trinajstić information content (AvgIpc) is 3.39. The van der Waals surface area contributed by atoms with Gasteiger partial charge in [-0.25, -0.2) is 14.4 Å². The lowest BCUT2D eigenvalue weighted by molar-refractivity contribution is -0.384. The maximum Gasteiger partial charge on any atom is 0.410 e. The monoisotopic (exact) mass is 455 g/mol. The highest BCUT2D eigenvalue weighted by Gasteiger charge is 2.54. The van der Waals surface area contributed by atoms with Gasteiger partial charge in [-0.1, -0.05) is 30.3 Å². The van der Waals surface area contributed by atoms with E-state index in [4.69, 9.17) is 9.47 Å². The summed E-state index contributed by atoms with van der Waals surface area (Å²) in [5.74, 6) is -0.759. The molecule has 3 unspecified atom stereocenters. The lowest BCUT2D eigenvalue weighted by Gasteiger charge is -2.27. The highest BCUT2D eigenvalue weighted by Crippen LogP contribution is 2.34. The van der Waals surface area contributed by atoms with Crippen molar-refractivity contribution in [2.45, 2.75) is 31.2 Å². The zero-order chi connectivity index (χ0) is 23.5. The van der Waals surface area contributed by atoms with Crippen LogP contribution in [-0.2, 0) is 16.1 Å². The van der Waals surface area contributed by atoms with Gasteiger partial charge in [0.05, 0.1) is 29.1 Å². The normalized spacial score (nSPS) is 21.4. The average molecular weight is 455 g/mol. The SMILES string of the molecule is O=C(OC1CN(C(=O)O)C2CCN(C(=O)OCc3ccccc3)C12)c1ccc([N+](=O)[O-])cc1. The number of benzene rings is 2. The first-order valence-corrected chi connectivity index (χ1v) is 10.3. The minimum Gasteiger partial charge on any atom is -0.465 e. The second-order valence-electron chi connectivity index (χ2n) is 7.76. The summed E-state index contributed by atoms with van der Waals surface area (Å²) in [7, 11) is 0. The molecule has 0 aromatic heterocycles. The van der Waals surface area contributed by atoms with Gasteiger partial charge in [-0.15, -0.1) is 0 Å². The number of fused-ring (bicyclic) bond motifs is 1. The maximum absolute atomic E-state index is 12.8. The molecule has 33 heavy (non-hydrogen) atoms. The number of nitro benzene ring substituents is 1. The highest BCUT2D eigenvalue weighted by atomic mass is 16.6. The summed E-state index contributed by atoms with van der Waals surface area (Å²) in [4.78, 5) is 49.9. The van der Waals surface area contributed by atoms with Crippen LogP contribution < -0.4 is 0 Å². The van der Waals surface area contributed by atoms with Gasteiger partial charge in [0.2, 0.25) is 0 Å². The van der Waals surface area contributed by atoms with Crippen LogP contribution >= 0.6 is 0 Å². The number of ether oxygens (including phenoxy) is 2. The largest absolute Gasteiger partial charge is 0.465 e. The van der Waals surface area contributed by atoms with Crippen molar-refractivity contribution in [1.29, 1.82) is 0 Å². The number of esters is 1. The smallest absolute Gasteiger partial charge is 0.410 e. The zero-order valence-corrected chi connectivity index (χ0v) is 17.4. The zero-order valence-electron chi connectivity index (χ0n) is 17.4. The fourth-order valence-electron chi connectivity index (χ4n) is 4.29. The van der Waals surface area contributed by atoms with Crippen LogP contribution in [0.2, 0.25) is 0 Å². The van der Waals surface area contributed by atoms with E-state index in [1.54, 1.807) is 0 Å². The number of nitrogens with zero attached hydrogens (tertiary/aromatic N) is 3. The van der Waals surface area contributed by atoms with Gasteiger partial charge in [-0.05, 0) is 24.1 Å². The summed E-state index contributed by atoms with van der Waals surface area (Å²) in [6.07, 6.45) is -2.29. The van der Waals surface area contributed by atoms with E-state index in [2.05, 4.69) is 0 Å². The lowest BCUT2D eigenvalue weighted by atomic mass is 10.1. The lowest BCUT2D eigenvalue weighted by Crippen LogP contribution is -2.46. The van der Waals surface area contributed by atoms with E-state index in [9.17, 15) is 29.6 Å². The molecular weight excluding hydrogens is 434 g/mol. The Hall–Kier alpha value is -4.15. The molecule has 2 aromatic carbocycles. The molecule has 0 aliphatic carbocycles. The number of likely N-dealkylation sites (tertiary alicyclic amines) is 2. The first kappa shape index (κ1) is 22.1. The van der Waals surface area contributed by atoms with Crippen molar-refractivity contribution in [3.05, 3.63) is 75.8 Å². The molecule has 11 nitrogen and oxygen atoms in total. The number of carbonyl (C=O) groups is 3. The molecule has 2 aliphatic rings. The van der Waals surface area contributed by atoms with Gasteiger partial charge in [0.15, 0.2) is 0 Å². The van der Waals surface area contributed by atoms with Gasteiger partial charge in [-0.2, -0.15) is 0 Å². The topological polar surface area (TPSA) is 140 Å². The molecule has 2 amide bonds. The first-order chi connectivity index (χ1) is 15.8. The fraction of sp³-hybridized carbons (Fsp3) is 0.318. The number of carbonyl (C=O) groups excluding carboxylic acids is 2. The van der Waals surface area contributed by atoms with E-state index in [0.29, 0.717) is 6.42 Å². The summed E-state index contributed by atoms with van der Waals surface area (Å²) >= 11 is 0. The van der Waals surface area contributed by atoms with E-state index >= 15 is 0 Å². The van der Waals surface area contributed by atoms with Gasteiger partial charge in [0.1, 0.15) is 12.7 Å². The fourth-order valence-corrected chi connectivity index (χ4v) is 4.29. The molecular formula is C22H21N3O8. The molecule has 0 bridgehead atoms. The van der Waals surface area contributed by atoms with Crippen LogP contribution in [0.1, 0.15) is 22.3 Å². The van der Waals surface area contributed by atoms with Crippen LogP contribution in [0.15, 0.2) is 54.6 Å². The number of amides is 2. The Bertz CT molecular complexity index is 1060. The van der Waals surface area contributed by atoms with E-state index < -0.39 is 41.3 Å². The van der Waals surface area contributed by atoms with Crippen molar-refractivity contribution < 1.29 is 33.9 Å². The summed E-state index contributed by atoms with van der Waals surface area (Å²) in [5, 5.41) is 20.4. The minimum absolute atomic E-state index is 0.0590. The van der Waals surface area contributed by atoms with Crippen LogP contribution in [0.25, 0.3) is 0 Å². The summed E-state index contributed by atoms with van der Waals surface area (Å²) in [6.45, 7) is 0.230. The number of carboxylic acid groups (broad SMARTS) is 1. The highest BCUT2D eigenvalue weighted by molar-refractivity contribution is 5.90. The van der Waals surface area contributed by atoms with Crippen molar-refractivity contribution in [3.8, 4) is 0 Å². The van der Waals surface area contributed by atoms with Crippen molar-refractivity contribution in [2.75, 3.05) is 13.1 Å². The summed E-state index contributed by atoms with van der Waals surface area (Å²) < 4.78 is 11.0. The number of hydrogen-bond donors (Lipinski definition) is 1. The van der Waals surface area contributed by atoms with Crippen LogP contribution in [-0.4, -0.2) is 69.3 Å². The number of non-ortho nitro benzene ring substituents is 1. The van der Waals surface area contributed by atoms with Crippen LogP contribution in [0.4, 0.5) is 15.3 Å². The van der Waals surface area contributed by atoms with E-state index in [0.717, 1.165) is 5.56 Å². The Balaban J connectivity index is 1.48. The Kier molecular flexibility index (Phi) is 6.11. The molecule has 1 N–H and O–H groups in total. The van der Waals surface area contributed by atoms with Gasteiger partial charge in [-0.3, -0.25) is 19.9 Å². The predicted molar refractivity (Wildman–Crippen MR) is 113 cm³/mol. The molecule has 172 valence electrons. The second kappa shape index (κ2) is 9.15. The van der Waals surface area contributed by atoms with Crippen molar-refractivity contribution in [1.82, 2.24) is 9.80 Å². The van der Waals surface area contributed by atoms with Crippen LogP contribution in [0.5, 0.6) is 0 Å². The third-order valence-electron chi connectivity index (χ3n) is 5.84. The standard InChI is InChI=1S/C22H21N3O8/c26-20(15-6-8-16(9-7-15)25(30)31)33-18-12-24(21(27)28)17-10-11-23(19(17)18)22(29)32-13-14-4-2-1-3-5-14/h1-9,17-19H,10-13H2,(H,27,28). The van der Waals surface area contributed by atoms with Gasteiger partial charge >= 0.3 is 18.2 Å². The second-order valence-corrected chi connectivity index (χ2v) is 7.76. The molecule has 11 heteroatoms. The van der Waals surface area contributed by atoms with Crippen molar-refractivity contribution in [2.24, 2.45) is 0 Å². The van der Waals surface area contributed by atoms with E-state index in [1.165, 1.54) is 34.1 Å². The summed E-state index contributed by atoms with van der Waals surface area (Å²) in [5.41, 5.74) is 0.719. The Morgan fingerprint density at radius 3 is 2.39 bits per heavy atom. The number of hydrogen-bond acceptors (Lipinski definition) is 7.